The maximum atomic E-state index is 10.9. The molecule has 0 bridgehead atoms. The molecule has 62 valence electrons. The number of carbonyl (C=O) groups is 1. The molecule has 2 rings (SSSR count). The Bertz CT molecular complexity index is 188. The number of fused-ring (bicyclic) bond motifs is 1. The van der Waals surface area contributed by atoms with Crippen LogP contribution in [0.4, 0.5) is 0 Å². The monoisotopic (exact) mass is 154 g/mol. The molecule has 1 aliphatic heterocycles. The first kappa shape index (κ1) is 7.29. The zero-order valence-corrected chi connectivity index (χ0v) is 6.93. The van der Waals surface area contributed by atoms with E-state index in [-0.39, 0.29) is 0 Å². The number of rotatable bonds is 2. The predicted molar refractivity (Wildman–Crippen MR) is 41.3 cm³/mol. The molecule has 0 spiro atoms. The van der Waals surface area contributed by atoms with Gasteiger partial charge in [-0.1, -0.05) is 0 Å². The number of hydrogen-bond acceptors (Lipinski definition) is 2. The van der Waals surface area contributed by atoms with Gasteiger partial charge in [0.1, 0.15) is 5.78 Å². The van der Waals surface area contributed by atoms with Crippen molar-refractivity contribution < 1.29 is 9.53 Å². The fourth-order valence-electron chi connectivity index (χ4n) is 2.28. The summed E-state index contributed by atoms with van der Waals surface area (Å²) in [4.78, 5) is 10.9. The smallest absolute Gasteiger partial charge is 0.130 e. The highest BCUT2D eigenvalue weighted by atomic mass is 16.5. The zero-order chi connectivity index (χ0) is 7.90. The second-order valence-electron chi connectivity index (χ2n) is 3.97. The summed E-state index contributed by atoms with van der Waals surface area (Å²) < 4.78 is 5.32. The van der Waals surface area contributed by atoms with E-state index in [1.54, 1.807) is 6.92 Å². The van der Waals surface area contributed by atoms with Gasteiger partial charge >= 0.3 is 0 Å². The van der Waals surface area contributed by atoms with Crippen molar-refractivity contribution in [3.63, 3.8) is 0 Å². The topological polar surface area (TPSA) is 26.3 Å². The van der Waals surface area contributed by atoms with E-state index in [2.05, 4.69) is 0 Å². The summed E-state index contributed by atoms with van der Waals surface area (Å²) in [7, 11) is 0. The Morgan fingerprint density at radius 3 is 3.18 bits per heavy atom. The second-order valence-corrected chi connectivity index (χ2v) is 3.97. The van der Waals surface area contributed by atoms with Gasteiger partial charge in [-0.15, -0.1) is 0 Å². The molecule has 0 aromatic heterocycles. The summed E-state index contributed by atoms with van der Waals surface area (Å²) in [6.07, 6.45) is 3.13. The van der Waals surface area contributed by atoms with Crippen molar-refractivity contribution in [3.05, 3.63) is 0 Å². The van der Waals surface area contributed by atoms with Gasteiger partial charge in [0, 0.05) is 19.6 Å². The largest absolute Gasteiger partial charge is 0.381 e. The van der Waals surface area contributed by atoms with Crippen molar-refractivity contribution in [2.45, 2.75) is 26.2 Å². The average molecular weight is 154 g/mol. The molecule has 0 aromatic rings. The molecule has 0 aromatic carbocycles. The van der Waals surface area contributed by atoms with Crippen LogP contribution < -0.4 is 0 Å². The Morgan fingerprint density at radius 2 is 2.55 bits per heavy atom. The van der Waals surface area contributed by atoms with Crippen molar-refractivity contribution in [2.24, 2.45) is 11.3 Å². The van der Waals surface area contributed by atoms with Crippen molar-refractivity contribution in [2.75, 3.05) is 13.2 Å². The molecular weight excluding hydrogens is 140 g/mol. The molecule has 2 atom stereocenters. The van der Waals surface area contributed by atoms with Crippen LogP contribution in [0.2, 0.25) is 0 Å². The van der Waals surface area contributed by atoms with Crippen molar-refractivity contribution in [1.82, 2.24) is 0 Å². The van der Waals surface area contributed by atoms with Gasteiger partial charge in [0.15, 0.2) is 0 Å². The lowest BCUT2D eigenvalue weighted by Crippen LogP contribution is -2.20. The second kappa shape index (κ2) is 2.31. The van der Waals surface area contributed by atoms with Gasteiger partial charge in [-0.3, -0.25) is 0 Å². The van der Waals surface area contributed by atoms with Gasteiger partial charge in [-0.2, -0.15) is 0 Å². The third-order valence-corrected chi connectivity index (χ3v) is 3.02. The molecule has 0 radical (unpaired) electrons. The first-order valence-electron chi connectivity index (χ1n) is 4.30. The number of carbonyl (C=O) groups excluding carboxylic acids is 1. The standard InChI is InChI=1S/C9H14O2/c1-7(10)4-9-2-3-11-6-8(9)5-9/h8H,2-6H2,1H3. The maximum Gasteiger partial charge on any atom is 0.130 e. The first-order valence-corrected chi connectivity index (χ1v) is 4.30. The summed E-state index contributed by atoms with van der Waals surface area (Å²) in [5.41, 5.74) is 0.393. The van der Waals surface area contributed by atoms with Crippen LogP contribution in [0.25, 0.3) is 0 Å². The Balaban J connectivity index is 1.96. The zero-order valence-electron chi connectivity index (χ0n) is 6.93. The normalized spacial score (nSPS) is 41.4. The van der Waals surface area contributed by atoms with Gasteiger partial charge in [0.25, 0.3) is 0 Å². The van der Waals surface area contributed by atoms with Crippen molar-refractivity contribution in [3.8, 4) is 0 Å². The highest BCUT2D eigenvalue weighted by Gasteiger charge is 2.55. The molecule has 2 unspecified atom stereocenters. The fraction of sp³-hybridized carbons (Fsp3) is 0.889. The van der Waals surface area contributed by atoms with Gasteiger partial charge in [0.05, 0.1) is 0 Å². The molecule has 1 saturated carbocycles. The molecule has 1 aliphatic carbocycles. The average Bonchev–Trinajstić information content (AvgIpc) is 2.59. The molecule has 2 fully saturated rings. The van der Waals surface area contributed by atoms with E-state index in [4.69, 9.17) is 4.74 Å². The van der Waals surface area contributed by atoms with Gasteiger partial charge in [-0.25, -0.2) is 0 Å². The molecule has 0 N–H and O–H groups in total. The van der Waals surface area contributed by atoms with Gasteiger partial charge < -0.3 is 9.53 Å². The number of Topliss-reactive ketones (excluding diaryl/α,β-unsaturated/α-hetero) is 1. The minimum absolute atomic E-state index is 0.342. The molecule has 1 heterocycles. The fourth-order valence-corrected chi connectivity index (χ4v) is 2.28. The van der Waals surface area contributed by atoms with Crippen LogP contribution in [0, 0.1) is 11.3 Å². The molecule has 2 nitrogen and oxygen atoms in total. The third-order valence-electron chi connectivity index (χ3n) is 3.02. The SMILES string of the molecule is CC(=O)CC12CCOCC1C2. The minimum atomic E-state index is 0.342. The Kier molecular flexibility index (Phi) is 1.53. The number of hydrogen-bond donors (Lipinski definition) is 0. The van der Waals surface area contributed by atoms with Crippen LogP contribution in [0.15, 0.2) is 0 Å². The molecule has 1 saturated heterocycles. The van der Waals surface area contributed by atoms with E-state index in [1.807, 2.05) is 0 Å². The lowest BCUT2D eigenvalue weighted by atomic mass is 9.92. The van der Waals surface area contributed by atoms with Gasteiger partial charge in [-0.05, 0) is 31.1 Å². The maximum absolute atomic E-state index is 10.9. The van der Waals surface area contributed by atoms with Crippen LogP contribution >= 0.6 is 0 Å². The number of ketones is 1. The molecule has 2 aliphatic rings. The van der Waals surface area contributed by atoms with Crippen LogP contribution in [0.5, 0.6) is 0 Å². The van der Waals surface area contributed by atoms with E-state index < -0.39 is 0 Å². The molecule has 11 heavy (non-hydrogen) atoms. The summed E-state index contributed by atoms with van der Waals surface area (Å²) in [5, 5.41) is 0. The van der Waals surface area contributed by atoms with E-state index in [9.17, 15) is 4.79 Å². The highest BCUT2D eigenvalue weighted by Crippen LogP contribution is 2.59. The Labute approximate surface area is 66.9 Å². The van der Waals surface area contributed by atoms with E-state index in [1.165, 1.54) is 6.42 Å². The summed E-state index contributed by atoms with van der Waals surface area (Å²) in [6, 6.07) is 0. The van der Waals surface area contributed by atoms with E-state index in [0.717, 1.165) is 26.1 Å². The quantitative estimate of drug-likeness (QED) is 0.600. The van der Waals surface area contributed by atoms with Crippen molar-refractivity contribution in [1.29, 1.82) is 0 Å². The van der Waals surface area contributed by atoms with Crippen LogP contribution in [0.1, 0.15) is 26.2 Å². The van der Waals surface area contributed by atoms with Crippen LogP contribution in [-0.2, 0) is 9.53 Å². The molecular formula is C9H14O2. The van der Waals surface area contributed by atoms with Crippen LogP contribution in [0.3, 0.4) is 0 Å². The third kappa shape index (κ3) is 1.20. The van der Waals surface area contributed by atoms with E-state index in [0.29, 0.717) is 17.1 Å². The summed E-state index contributed by atoms with van der Waals surface area (Å²) in [5.74, 6) is 1.05. The van der Waals surface area contributed by atoms with Crippen LogP contribution in [-0.4, -0.2) is 19.0 Å². The molecule has 2 heteroatoms. The lowest BCUT2D eigenvalue weighted by molar-refractivity contribution is -0.118. The van der Waals surface area contributed by atoms with E-state index >= 15 is 0 Å². The predicted octanol–water partition coefficient (Wildman–Crippen LogP) is 1.39. The summed E-state index contributed by atoms with van der Waals surface area (Å²) >= 11 is 0. The summed E-state index contributed by atoms with van der Waals surface area (Å²) in [6.45, 7) is 3.46. The Morgan fingerprint density at radius 1 is 1.73 bits per heavy atom. The lowest BCUT2D eigenvalue weighted by Gasteiger charge is -2.20. The Hall–Kier alpha value is -0.370. The highest BCUT2D eigenvalue weighted by molar-refractivity contribution is 5.76. The number of ether oxygens (including phenoxy) is 1. The minimum Gasteiger partial charge on any atom is -0.381 e. The first-order chi connectivity index (χ1) is 5.23. The molecule has 0 amide bonds. The van der Waals surface area contributed by atoms with Gasteiger partial charge in [0.2, 0.25) is 0 Å². The van der Waals surface area contributed by atoms with Crippen molar-refractivity contribution >= 4 is 5.78 Å².